The molecule has 30 heavy (non-hydrogen) atoms. The third-order valence-corrected chi connectivity index (χ3v) is 6.69. The van der Waals surface area contributed by atoms with Crippen molar-refractivity contribution in [3.8, 4) is 0 Å². The average Bonchev–Trinajstić information content (AvgIpc) is 2.74. The molecule has 174 valence electrons. The van der Waals surface area contributed by atoms with Gasteiger partial charge in [0, 0.05) is 26.2 Å². The molecule has 2 rings (SSSR count). The molecule has 0 bridgehead atoms. The van der Waals surface area contributed by atoms with Crippen LogP contribution < -0.4 is 10.6 Å². The van der Waals surface area contributed by atoms with Crippen molar-refractivity contribution in [2.45, 2.75) is 77.0 Å². The summed E-state index contributed by atoms with van der Waals surface area (Å²) in [6.45, 7) is 5.72. The first kappa shape index (κ1) is 25.1. The summed E-state index contributed by atoms with van der Waals surface area (Å²) in [6.07, 6.45) is 14.0. The van der Waals surface area contributed by atoms with Crippen molar-refractivity contribution < 1.29 is 9.59 Å². The molecule has 2 unspecified atom stereocenters. The molecule has 0 aromatic heterocycles. The zero-order chi connectivity index (χ0) is 21.6. The lowest BCUT2D eigenvalue weighted by molar-refractivity contribution is -0.127. The molecular formula is C24H46N4O2. The number of piperidine rings is 2. The number of amides is 2. The number of rotatable bonds is 13. The number of hydrogen-bond acceptors (Lipinski definition) is 4. The van der Waals surface area contributed by atoms with Crippen LogP contribution >= 0.6 is 0 Å². The van der Waals surface area contributed by atoms with Crippen LogP contribution in [0.2, 0.25) is 0 Å². The second kappa shape index (κ2) is 14.8. The van der Waals surface area contributed by atoms with Crippen LogP contribution in [-0.2, 0) is 9.59 Å². The molecule has 6 nitrogen and oxygen atoms in total. The van der Waals surface area contributed by atoms with Crippen LogP contribution in [0.3, 0.4) is 0 Å². The lowest BCUT2D eigenvalue weighted by atomic mass is 9.97. The van der Waals surface area contributed by atoms with E-state index >= 15 is 0 Å². The summed E-state index contributed by atoms with van der Waals surface area (Å²) in [4.78, 5) is 28.9. The van der Waals surface area contributed by atoms with Gasteiger partial charge in [-0.15, -0.1) is 0 Å². The molecule has 2 heterocycles. The van der Waals surface area contributed by atoms with Gasteiger partial charge in [-0.05, 0) is 65.7 Å². The highest BCUT2D eigenvalue weighted by molar-refractivity contribution is 5.79. The Balaban J connectivity index is 1.33. The van der Waals surface area contributed by atoms with E-state index in [9.17, 15) is 9.59 Å². The molecule has 0 radical (unpaired) electrons. The van der Waals surface area contributed by atoms with Crippen molar-refractivity contribution in [1.29, 1.82) is 0 Å². The summed E-state index contributed by atoms with van der Waals surface area (Å²) in [7, 11) is 4.21. The minimum Gasteiger partial charge on any atom is -0.356 e. The number of carbonyl (C=O) groups excluding carboxylic acids is 2. The minimum absolute atomic E-state index is 0.192. The molecule has 0 spiro atoms. The number of hydrogen-bond donors (Lipinski definition) is 2. The monoisotopic (exact) mass is 422 g/mol. The lowest BCUT2D eigenvalue weighted by Gasteiger charge is -2.28. The van der Waals surface area contributed by atoms with Gasteiger partial charge in [-0.25, -0.2) is 0 Å². The topological polar surface area (TPSA) is 64.7 Å². The Morgan fingerprint density at radius 3 is 1.40 bits per heavy atom. The SMILES string of the molecule is CN1CCCC(C(=O)NCCCCCCCCCCNC(=O)C2CCCN(C)C2)C1. The molecule has 2 N–H and O–H groups in total. The van der Waals surface area contributed by atoms with Gasteiger partial charge >= 0.3 is 0 Å². The molecule has 0 aromatic carbocycles. The van der Waals surface area contributed by atoms with Crippen LogP contribution in [0.5, 0.6) is 0 Å². The smallest absolute Gasteiger partial charge is 0.224 e. The maximum Gasteiger partial charge on any atom is 0.224 e. The van der Waals surface area contributed by atoms with Gasteiger partial charge < -0.3 is 20.4 Å². The van der Waals surface area contributed by atoms with E-state index in [2.05, 4.69) is 34.5 Å². The van der Waals surface area contributed by atoms with Gasteiger partial charge in [-0.3, -0.25) is 9.59 Å². The van der Waals surface area contributed by atoms with Crippen molar-refractivity contribution in [2.75, 3.05) is 53.4 Å². The lowest BCUT2D eigenvalue weighted by Crippen LogP contribution is -2.41. The van der Waals surface area contributed by atoms with Crippen molar-refractivity contribution in [2.24, 2.45) is 11.8 Å². The quantitative estimate of drug-likeness (QED) is 0.448. The standard InChI is InChI=1S/C24H46N4O2/c1-27-17-11-13-21(19-27)23(29)25-15-9-7-5-3-4-6-8-10-16-26-24(30)22-14-12-18-28(2)20-22/h21-22H,3-20H2,1-2H3,(H,25,29)(H,26,30). The van der Waals surface area contributed by atoms with E-state index < -0.39 is 0 Å². The highest BCUT2D eigenvalue weighted by atomic mass is 16.2. The Kier molecular flexibility index (Phi) is 12.4. The highest BCUT2D eigenvalue weighted by Crippen LogP contribution is 2.16. The molecular weight excluding hydrogens is 376 g/mol. The predicted octanol–water partition coefficient (Wildman–Crippen LogP) is 3.02. The molecule has 2 amide bonds. The molecule has 0 aliphatic carbocycles. The maximum atomic E-state index is 12.2. The van der Waals surface area contributed by atoms with Crippen LogP contribution in [0.25, 0.3) is 0 Å². The van der Waals surface area contributed by atoms with Gasteiger partial charge in [0.1, 0.15) is 0 Å². The van der Waals surface area contributed by atoms with Crippen LogP contribution in [0.4, 0.5) is 0 Å². The largest absolute Gasteiger partial charge is 0.356 e. The summed E-state index contributed by atoms with van der Waals surface area (Å²) in [5.41, 5.74) is 0. The van der Waals surface area contributed by atoms with E-state index in [4.69, 9.17) is 0 Å². The van der Waals surface area contributed by atoms with Crippen LogP contribution in [-0.4, -0.2) is 75.0 Å². The van der Waals surface area contributed by atoms with E-state index in [1.165, 1.54) is 38.5 Å². The summed E-state index contributed by atoms with van der Waals surface area (Å²) in [5.74, 6) is 0.892. The normalized spacial score (nSPS) is 23.3. The highest BCUT2D eigenvalue weighted by Gasteiger charge is 2.24. The summed E-state index contributed by atoms with van der Waals surface area (Å²) in [6, 6.07) is 0. The molecule has 2 fully saturated rings. The Morgan fingerprint density at radius 2 is 1.03 bits per heavy atom. The second-order valence-corrected chi connectivity index (χ2v) is 9.61. The maximum absolute atomic E-state index is 12.2. The van der Waals surface area contributed by atoms with E-state index in [-0.39, 0.29) is 23.7 Å². The fraction of sp³-hybridized carbons (Fsp3) is 0.917. The fourth-order valence-electron chi connectivity index (χ4n) is 4.78. The van der Waals surface area contributed by atoms with Crippen LogP contribution in [0.1, 0.15) is 77.0 Å². The zero-order valence-electron chi connectivity index (χ0n) is 19.6. The van der Waals surface area contributed by atoms with E-state index in [0.717, 1.165) is 77.8 Å². The number of nitrogens with zero attached hydrogens (tertiary/aromatic N) is 2. The molecule has 2 atom stereocenters. The van der Waals surface area contributed by atoms with Crippen molar-refractivity contribution >= 4 is 11.8 Å². The summed E-state index contributed by atoms with van der Waals surface area (Å²) >= 11 is 0. The Labute approximate surface area is 184 Å². The van der Waals surface area contributed by atoms with Crippen molar-refractivity contribution in [3.05, 3.63) is 0 Å². The van der Waals surface area contributed by atoms with Gasteiger partial charge in [0.15, 0.2) is 0 Å². The van der Waals surface area contributed by atoms with Crippen LogP contribution in [0.15, 0.2) is 0 Å². The third-order valence-electron chi connectivity index (χ3n) is 6.69. The molecule has 0 saturated carbocycles. The molecule has 2 aliphatic heterocycles. The van der Waals surface area contributed by atoms with E-state index in [1.807, 2.05) is 0 Å². The Bertz CT molecular complexity index is 456. The number of likely N-dealkylation sites (tertiary alicyclic amines) is 2. The minimum atomic E-state index is 0.192. The van der Waals surface area contributed by atoms with Gasteiger partial charge in [-0.1, -0.05) is 38.5 Å². The first-order valence-electron chi connectivity index (χ1n) is 12.5. The number of unbranched alkanes of at least 4 members (excludes halogenated alkanes) is 7. The van der Waals surface area contributed by atoms with Gasteiger partial charge in [0.05, 0.1) is 11.8 Å². The summed E-state index contributed by atoms with van der Waals surface area (Å²) < 4.78 is 0. The average molecular weight is 423 g/mol. The Morgan fingerprint density at radius 1 is 0.667 bits per heavy atom. The first-order valence-corrected chi connectivity index (χ1v) is 12.5. The van der Waals surface area contributed by atoms with E-state index in [0.29, 0.717) is 0 Å². The summed E-state index contributed by atoms with van der Waals surface area (Å²) in [5, 5.41) is 6.26. The Hall–Kier alpha value is -1.14. The van der Waals surface area contributed by atoms with Gasteiger partial charge in [0.2, 0.25) is 11.8 Å². The molecule has 6 heteroatoms. The fourth-order valence-corrected chi connectivity index (χ4v) is 4.78. The molecule has 0 aromatic rings. The van der Waals surface area contributed by atoms with Crippen molar-refractivity contribution in [1.82, 2.24) is 20.4 Å². The van der Waals surface area contributed by atoms with Gasteiger partial charge in [0.25, 0.3) is 0 Å². The van der Waals surface area contributed by atoms with Crippen LogP contribution in [0, 0.1) is 11.8 Å². The second-order valence-electron chi connectivity index (χ2n) is 9.61. The third kappa shape index (κ3) is 10.3. The number of carbonyl (C=O) groups is 2. The molecule has 2 aliphatic rings. The van der Waals surface area contributed by atoms with Gasteiger partial charge in [-0.2, -0.15) is 0 Å². The van der Waals surface area contributed by atoms with E-state index in [1.54, 1.807) is 0 Å². The number of nitrogens with one attached hydrogen (secondary N) is 2. The first-order chi connectivity index (χ1) is 14.6. The molecule has 2 saturated heterocycles. The zero-order valence-corrected chi connectivity index (χ0v) is 19.6. The van der Waals surface area contributed by atoms with Crippen molar-refractivity contribution in [3.63, 3.8) is 0 Å². The predicted molar refractivity (Wildman–Crippen MR) is 123 cm³/mol.